The van der Waals surface area contributed by atoms with Crippen molar-refractivity contribution in [1.29, 1.82) is 0 Å². The van der Waals surface area contributed by atoms with E-state index in [-0.39, 0.29) is 44.1 Å². The van der Waals surface area contributed by atoms with Gasteiger partial charge >= 0.3 is 6.09 Å². The van der Waals surface area contributed by atoms with E-state index in [0.29, 0.717) is 6.61 Å². The van der Waals surface area contributed by atoms with Crippen LogP contribution in [0.1, 0.15) is 45.2 Å². The molecule has 5 rings (SSSR count). The molecule has 4 N–H and O–H groups in total. The van der Waals surface area contributed by atoms with Crippen molar-refractivity contribution in [3.63, 3.8) is 0 Å². The van der Waals surface area contributed by atoms with Gasteiger partial charge in [0, 0.05) is 24.8 Å². The number of hydrazine groups is 1. The molecule has 0 saturated carbocycles. The zero-order valence-electron chi connectivity index (χ0n) is 29.5. The molecule has 0 aliphatic carbocycles. The molecule has 2 saturated heterocycles. The maximum absolute atomic E-state index is 13.8. The average molecular weight is 724 g/mol. The minimum absolute atomic E-state index is 0.0519. The van der Waals surface area contributed by atoms with E-state index >= 15 is 0 Å². The second-order valence-electron chi connectivity index (χ2n) is 14.1. The number of aliphatic hydroxyl groups excluding tert-OH is 1. The van der Waals surface area contributed by atoms with Crippen molar-refractivity contribution < 1.29 is 37.3 Å². The number of carbonyl (C=O) groups excluding carboxylic acids is 2. The van der Waals surface area contributed by atoms with E-state index in [2.05, 4.69) is 20.4 Å². The molecule has 1 aromatic heterocycles. The molecule has 2 fully saturated rings. The number of ether oxygens (including phenoxy) is 3. The Balaban J connectivity index is 1.37. The van der Waals surface area contributed by atoms with Crippen molar-refractivity contribution >= 4 is 22.0 Å². The van der Waals surface area contributed by atoms with E-state index in [9.17, 15) is 23.1 Å². The minimum atomic E-state index is -3.74. The number of nitrogens with one attached hydrogen (secondary N) is 3. The van der Waals surface area contributed by atoms with E-state index in [4.69, 9.17) is 14.2 Å². The average Bonchev–Trinajstić information content (AvgIpc) is 3.73. The molecule has 6 unspecified atom stereocenters. The van der Waals surface area contributed by atoms with Gasteiger partial charge in [-0.05, 0) is 48.4 Å². The Morgan fingerprint density at radius 3 is 2.41 bits per heavy atom. The Morgan fingerprint density at radius 1 is 1.02 bits per heavy atom. The van der Waals surface area contributed by atoms with Crippen LogP contribution in [0, 0.1) is 11.3 Å². The van der Waals surface area contributed by atoms with Crippen LogP contribution in [0.15, 0.2) is 79.0 Å². The van der Waals surface area contributed by atoms with Crippen LogP contribution in [-0.2, 0) is 42.0 Å². The molecule has 6 atom stereocenters. The zero-order valence-corrected chi connectivity index (χ0v) is 30.3. The molecule has 2 aliphatic rings. The van der Waals surface area contributed by atoms with E-state index in [1.807, 2.05) is 72.8 Å². The fraction of sp³-hybridized carbons (Fsp3) is 0.486. The summed E-state index contributed by atoms with van der Waals surface area (Å²) in [5.41, 5.74) is 5.49. The van der Waals surface area contributed by atoms with Gasteiger partial charge in [-0.15, -0.1) is 0 Å². The highest BCUT2D eigenvalue weighted by molar-refractivity contribution is 7.89. The number of fused-ring (bicyclic) bond motifs is 1. The molecule has 3 aromatic rings. The summed E-state index contributed by atoms with van der Waals surface area (Å²) in [5.74, 6) is -0.829. The van der Waals surface area contributed by atoms with Gasteiger partial charge in [-0.3, -0.25) is 15.2 Å². The number of rotatable bonds is 15. The van der Waals surface area contributed by atoms with Crippen molar-refractivity contribution in [1.82, 2.24) is 25.5 Å². The quantitative estimate of drug-likeness (QED) is 0.171. The molecule has 2 aliphatic heterocycles. The summed E-state index contributed by atoms with van der Waals surface area (Å²) >= 11 is 0. The maximum atomic E-state index is 13.8. The number of amides is 2. The van der Waals surface area contributed by atoms with Crippen molar-refractivity contribution in [2.24, 2.45) is 11.3 Å². The maximum Gasteiger partial charge on any atom is 0.407 e. The van der Waals surface area contributed by atoms with Gasteiger partial charge in [0.05, 0.1) is 42.7 Å². The van der Waals surface area contributed by atoms with Crippen LogP contribution in [0.2, 0.25) is 0 Å². The summed E-state index contributed by atoms with van der Waals surface area (Å²) in [5, 5.41) is 16.2. The van der Waals surface area contributed by atoms with Gasteiger partial charge < -0.3 is 24.6 Å². The number of nitrogens with zero attached hydrogens (tertiary/aromatic N) is 2. The lowest BCUT2D eigenvalue weighted by atomic mass is 9.87. The molecule has 14 heteroatoms. The lowest BCUT2D eigenvalue weighted by molar-refractivity contribution is -0.131. The van der Waals surface area contributed by atoms with Gasteiger partial charge in [0.2, 0.25) is 10.0 Å². The van der Waals surface area contributed by atoms with Crippen molar-refractivity contribution in [3.05, 3.63) is 90.1 Å². The number of pyridine rings is 1. The van der Waals surface area contributed by atoms with E-state index in [0.717, 1.165) is 28.8 Å². The number of carbonyl (C=O) groups is 2. The van der Waals surface area contributed by atoms with Gasteiger partial charge in [0.1, 0.15) is 12.1 Å². The molecule has 13 nitrogen and oxygen atoms in total. The molecule has 0 bridgehead atoms. The Hall–Kier alpha value is -3.92. The third-order valence-corrected chi connectivity index (χ3v) is 10.4. The van der Waals surface area contributed by atoms with Crippen LogP contribution in [-0.4, -0.2) is 91.6 Å². The van der Waals surface area contributed by atoms with Crippen LogP contribution >= 0.6 is 0 Å². The Labute approximate surface area is 300 Å². The largest absolute Gasteiger partial charge is 0.443 e. The molecule has 2 aromatic carbocycles. The lowest BCUT2D eigenvalue weighted by Gasteiger charge is -2.34. The molecule has 51 heavy (non-hydrogen) atoms. The summed E-state index contributed by atoms with van der Waals surface area (Å²) in [6, 6.07) is 20.8. The van der Waals surface area contributed by atoms with Crippen LogP contribution in [0.4, 0.5) is 4.79 Å². The SMILES string of the molecule is CCS(=O)(=O)NC(C(=O)NN(Cc1ccc(-c2ccccn2)cc1)CC(O)C(Cc1ccccc1)NC(=O)OC1COC2OCCC12)C(C)(C)C. The first-order chi connectivity index (χ1) is 24.3. The highest BCUT2D eigenvalue weighted by atomic mass is 32.2. The summed E-state index contributed by atoms with van der Waals surface area (Å²) in [6.07, 6.45) is -0.0419. The van der Waals surface area contributed by atoms with Gasteiger partial charge in [-0.2, -0.15) is 0 Å². The minimum Gasteiger partial charge on any atom is -0.443 e. The smallest absolute Gasteiger partial charge is 0.407 e. The first-order valence-corrected chi connectivity index (χ1v) is 18.9. The molecule has 276 valence electrons. The Morgan fingerprint density at radius 2 is 1.75 bits per heavy atom. The highest BCUT2D eigenvalue weighted by Crippen LogP contribution is 2.33. The van der Waals surface area contributed by atoms with Crippen LogP contribution < -0.4 is 15.5 Å². The number of aliphatic hydroxyl groups is 1. The predicted octanol–water partition coefficient (Wildman–Crippen LogP) is 3.40. The van der Waals surface area contributed by atoms with Crippen LogP contribution in [0.3, 0.4) is 0 Å². The highest BCUT2D eigenvalue weighted by Gasteiger charge is 2.44. The van der Waals surface area contributed by atoms with Crippen LogP contribution in [0.25, 0.3) is 11.3 Å². The second-order valence-corrected chi connectivity index (χ2v) is 16.1. The monoisotopic (exact) mass is 723 g/mol. The number of alkyl carbamates (subject to hydrolysis) is 1. The number of aromatic nitrogens is 1. The van der Waals surface area contributed by atoms with Crippen LogP contribution in [0.5, 0.6) is 0 Å². The number of hydrogen-bond acceptors (Lipinski definition) is 10. The third-order valence-electron chi connectivity index (χ3n) is 9.08. The predicted molar refractivity (Wildman–Crippen MR) is 191 cm³/mol. The molecular weight excluding hydrogens is 675 g/mol. The Bertz CT molecular complexity index is 1690. The number of benzene rings is 2. The van der Waals surface area contributed by atoms with Crippen molar-refractivity contribution in [3.8, 4) is 11.3 Å². The summed E-state index contributed by atoms with van der Waals surface area (Å²) in [6.45, 7) is 7.62. The van der Waals surface area contributed by atoms with Crippen molar-refractivity contribution in [2.75, 3.05) is 25.5 Å². The number of hydrogen-bond donors (Lipinski definition) is 4. The fourth-order valence-corrected chi connectivity index (χ4v) is 7.15. The number of sulfonamides is 1. The molecule has 0 radical (unpaired) electrons. The molecule has 3 heterocycles. The summed E-state index contributed by atoms with van der Waals surface area (Å²) < 4.78 is 44.7. The topological polar surface area (TPSA) is 168 Å². The van der Waals surface area contributed by atoms with E-state index in [1.54, 1.807) is 27.0 Å². The van der Waals surface area contributed by atoms with E-state index < -0.39 is 51.7 Å². The standard InChI is InChI=1S/C37H49N5O8S/c1-5-51(46,47)41-33(37(2,3)4)34(44)40-42(22-26-14-16-27(17-15-26)29-13-9-10-19-38-29)23-31(43)30(21-25-11-7-6-8-12-25)39-36(45)50-32-24-49-35-28(32)18-20-48-35/h6-17,19,28,30-33,35,41,43H,5,18,20-24H2,1-4H3,(H,39,45)(H,40,44). The summed E-state index contributed by atoms with van der Waals surface area (Å²) in [7, 11) is -3.74. The first-order valence-electron chi connectivity index (χ1n) is 17.3. The van der Waals surface area contributed by atoms with Gasteiger partial charge in [0.15, 0.2) is 6.29 Å². The van der Waals surface area contributed by atoms with E-state index in [1.165, 1.54) is 11.9 Å². The first kappa shape index (κ1) is 38.3. The third kappa shape index (κ3) is 10.8. The van der Waals surface area contributed by atoms with Crippen molar-refractivity contribution in [2.45, 2.75) is 77.7 Å². The second kappa shape index (κ2) is 17.1. The molecule has 0 spiro atoms. The molecular formula is C37H49N5O8S. The lowest BCUT2D eigenvalue weighted by Crippen LogP contribution is -2.59. The fourth-order valence-electron chi connectivity index (χ4n) is 6.17. The summed E-state index contributed by atoms with van der Waals surface area (Å²) in [4.78, 5) is 31.5. The molecule has 2 amide bonds. The zero-order chi connectivity index (χ0) is 36.6. The Kier molecular flexibility index (Phi) is 12.8. The van der Waals surface area contributed by atoms with Gasteiger partial charge in [-0.1, -0.05) is 81.4 Å². The van der Waals surface area contributed by atoms with Gasteiger partial charge in [0.25, 0.3) is 5.91 Å². The normalized spacial score (nSPS) is 20.7. The van der Waals surface area contributed by atoms with Gasteiger partial charge in [-0.25, -0.2) is 22.9 Å².